The van der Waals surface area contributed by atoms with Crippen LogP contribution in [-0.4, -0.2) is 31.4 Å². The van der Waals surface area contributed by atoms with Crippen molar-refractivity contribution < 1.29 is 18.7 Å². The number of ether oxygens (including phenoxy) is 1. The number of furan rings is 1. The van der Waals surface area contributed by atoms with Crippen LogP contribution in [0.25, 0.3) is 0 Å². The van der Waals surface area contributed by atoms with Crippen LogP contribution in [0.4, 0.5) is 11.4 Å². The number of hydrogen-bond acceptors (Lipinski definition) is 6. The van der Waals surface area contributed by atoms with E-state index in [1.165, 1.54) is 16.9 Å². The number of aromatic nitrogens is 4. The molecule has 2 amide bonds. The van der Waals surface area contributed by atoms with Crippen molar-refractivity contribution in [2.75, 3.05) is 10.6 Å². The van der Waals surface area contributed by atoms with Gasteiger partial charge in [-0.25, -0.2) is 0 Å². The average Bonchev–Trinajstić information content (AvgIpc) is 3.50. The molecule has 4 aromatic rings. The maximum Gasteiger partial charge on any atom is 0.291 e. The van der Waals surface area contributed by atoms with E-state index in [2.05, 4.69) is 20.8 Å². The number of amides is 2. The molecule has 0 atom stereocenters. The molecule has 176 valence electrons. The van der Waals surface area contributed by atoms with E-state index in [1.807, 2.05) is 19.9 Å². The van der Waals surface area contributed by atoms with Gasteiger partial charge in [-0.15, -0.1) is 0 Å². The van der Waals surface area contributed by atoms with Gasteiger partial charge in [0, 0.05) is 19.1 Å². The summed E-state index contributed by atoms with van der Waals surface area (Å²) in [6, 6.07) is 8.52. The second-order valence-electron chi connectivity index (χ2n) is 7.67. The smallest absolute Gasteiger partial charge is 0.291 e. The minimum Gasteiger partial charge on any atom is -0.486 e. The first-order chi connectivity index (χ1) is 16.2. The molecule has 0 fully saturated rings. The fourth-order valence-electron chi connectivity index (χ4n) is 3.22. The first kappa shape index (κ1) is 23.1. The van der Waals surface area contributed by atoms with Crippen LogP contribution in [0.2, 0.25) is 5.02 Å². The topological polar surface area (TPSA) is 116 Å². The van der Waals surface area contributed by atoms with Crippen LogP contribution in [0.5, 0.6) is 5.75 Å². The zero-order valence-electron chi connectivity index (χ0n) is 19.0. The molecule has 34 heavy (non-hydrogen) atoms. The Morgan fingerprint density at radius 1 is 1.00 bits per heavy atom. The minimum atomic E-state index is -0.520. The third-order valence-corrected chi connectivity index (χ3v) is 5.71. The molecule has 2 N–H and O–H groups in total. The van der Waals surface area contributed by atoms with E-state index in [1.54, 1.807) is 43.2 Å². The van der Waals surface area contributed by atoms with Gasteiger partial charge in [-0.05, 0) is 49.7 Å². The van der Waals surface area contributed by atoms with Crippen molar-refractivity contribution in [2.45, 2.75) is 20.5 Å². The van der Waals surface area contributed by atoms with Crippen LogP contribution in [0.15, 0.2) is 47.1 Å². The van der Waals surface area contributed by atoms with Crippen LogP contribution in [0.3, 0.4) is 0 Å². The predicted molar refractivity (Wildman–Crippen MR) is 126 cm³/mol. The van der Waals surface area contributed by atoms with Gasteiger partial charge in [-0.1, -0.05) is 11.6 Å². The summed E-state index contributed by atoms with van der Waals surface area (Å²) in [5.74, 6) is 0.226. The zero-order valence-corrected chi connectivity index (χ0v) is 19.8. The van der Waals surface area contributed by atoms with Crippen molar-refractivity contribution >= 4 is 34.8 Å². The van der Waals surface area contributed by atoms with E-state index in [4.69, 9.17) is 20.8 Å². The third-order valence-electron chi connectivity index (χ3n) is 5.28. The maximum atomic E-state index is 12.9. The molecule has 0 aliphatic rings. The molecule has 11 heteroatoms. The summed E-state index contributed by atoms with van der Waals surface area (Å²) in [6.07, 6.45) is 2.96. The summed E-state index contributed by atoms with van der Waals surface area (Å²) in [5, 5.41) is 14.3. The molecule has 0 aliphatic heterocycles. The highest BCUT2D eigenvalue weighted by Crippen LogP contribution is 2.23. The molecule has 0 spiro atoms. The number of aryl methyl sites for hydroxylation is 3. The quantitative estimate of drug-likeness (QED) is 0.409. The fourth-order valence-corrected chi connectivity index (χ4v) is 3.34. The lowest BCUT2D eigenvalue weighted by molar-refractivity contribution is 0.0992. The van der Waals surface area contributed by atoms with E-state index in [0.29, 0.717) is 22.2 Å². The molecule has 0 bridgehead atoms. The Labute approximate surface area is 200 Å². The van der Waals surface area contributed by atoms with Crippen molar-refractivity contribution in [2.24, 2.45) is 14.1 Å². The Kier molecular flexibility index (Phi) is 6.42. The van der Waals surface area contributed by atoms with E-state index >= 15 is 0 Å². The lowest BCUT2D eigenvalue weighted by Crippen LogP contribution is -2.20. The van der Waals surface area contributed by atoms with Gasteiger partial charge < -0.3 is 19.8 Å². The molecule has 3 aromatic heterocycles. The molecule has 10 nitrogen and oxygen atoms in total. The van der Waals surface area contributed by atoms with Crippen molar-refractivity contribution in [1.29, 1.82) is 0 Å². The van der Waals surface area contributed by atoms with Gasteiger partial charge >= 0.3 is 0 Å². The van der Waals surface area contributed by atoms with E-state index < -0.39 is 11.8 Å². The van der Waals surface area contributed by atoms with Crippen LogP contribution in [0, 0.1) is 13.8 Å². The maximum absolute atomic E-state index is 12.9. The second kappa shape index (κ2) is 9.44. The number of anilines is 2. The van der Waals surface area contributed by atoms with Crippen molar-refractivity contribution in [1.82, 2.24) is 19.6 Å². The third kappa shape index (κ3) is 4.81. The summed E-state index contributed by atoms with van der Waals surface area (Å²) in [5.41, 5.74) is 2.69. The highest BCUT2D eigenvalue weighted by atomic mass is 35.5. The predicted octanol–water partition coefficient (Wildman–Crippen LogP) is 4.10. The van der Waals surface area contributed by atoms with Crippen molar-refractivity contribution in [3.8, 4) is 5.75 Å². The highest BCUT2D eigenvalue weighted by molar-refractivity contribution is 6.31. The molecule has 4 rings (SSSR count). The Morgan fingerprint density at radius 3 is 2.41 bits per heavy atom. The second-order valence-corrected chi connectivity index (χ2v) is 8.08. The molecule has 1 aromatic carbocycles. The van der Waals surface area contributed by atoms with Gasteiger partial charge in [0.1, 0.15) is 23.8 Å². The number of carbonyl (C=O) groups excluding carboxylic acids is 2. The lowest BCUT2D eigenvalue weighted by Gasteiger charge is -2.08. The Balaban J connectivity index is 1.42. The highest BCUT2D eigenvalue weighted by Gasteiger charge is 2.22. The Hall–Kier alpha value is -4.05. The normalized spacial score (nSPS) is 10.9. The number of halogens is 1. The average molecular weight is 483 g/mol. The summed E-state index contributed by atoms with van der Waals surface area (Å²) in [4.78, 5) is 25.6. The van der Waals surface area contributed by atoms with Gasteiger partial charge in [0.2, 0.25) is 0 Å². The lowest BCUT2D eigenvalue weighted by atomic mass is 10.2. The molecule has 0 aliphatic carbocycles. The molecular formula is C23H23ClN6O4. The van der Waals surface area contributed by atoms with E-state index in [9.17, 15) is 9.59 Å². The Bertz CT molecular complexity index is 1370. The van der Waals surface area contributed by atoms with Crippen molar-refractivity contribution in [3.05, 3.63) is 76.2 Å². The molecule has 0 saturated heterocycles. The van der Waals surface area contributed by atoms with Crippen LogP contribution < -0.4 is 15.4 Å². The van der Waals surface area contributed by atoms with Gasteiger partial charge in [0.25, 0.3) is 11.8 Å². The monoisotopic (exact) mass is 482 g/mol. The summed E-state index contributed by atoms with van der Waals surface area (Å²) in [6.45, 7) is 3.86. The molecular weight excluding hydrogens is 460 g/mol. The molecule has 3 heterocycles. The van der Waals surface area contributed by atoms with Gasteiger partial charge in [0.15, 0.2) is 5.76 Å². The van der Waals surface area contributed by atoms with E-state index in [0.717, 1.165) is 11.3 Å². The minimum absolute atomic E-state index is 0.0733. The van der Waals surface area contributed by atoms with Crippen LogP contribution >= 0.6 is 11.6 Å². The molecule has 0 radical (unpaired) electrons. The van der Waals surface area contributed by atoms with Gasteiger partial charge in [0.05, 0.1) is 29.5 Å². The number of benzene rings is 1. The number of rotatable bonds is 7. The SMILES string of the molecule is Cc1cc(OCc2ccc(C(=O)Nc3cnn(C)c3C(=O)Nc3cnn(C)c3C)o2)ccc1Cl. The van der Waals surface area contributed by atoms with Gasteiger partial charge in [-0.2, -0.15) is 10.2 Å². The standard InChI is InChI=1S/C23H23ClN6O4/c1-13-9-15(5-7-17(13)24)33-12-16-6-8-20(34-16)22(31)28-19-11-26-30(4)21(19)23(32)27-18-10-25-29(3)14(18)2/h5-11H,12H2,1-4H3,(H,27,32)(H,28,31). The number of nitrogens with zero attached hydrogens (tertiary/aromatic N) is 4. The van der Waals surface area contributed by atoms with Gasteiger partial charge in [-0.3, -0.25) is 19.0 Å². The van der Waals surface area contributed by atoms with Crippen molar-refractivity contribution in [3.63, 3.8) is 0 Å². The largest absolute Gasteiger partial charge is 0.486 e. The molecule has 0 unspecified atom stereocenters. The first-order valence-electron chi connectivity index (χ1n) is 10.3. The molecule has 0 saturated carbocycles. The number of nitrogens with one attached hydrogen (secondary N) is 2. The van der Waals surface area contributed by atoms with E-state index in [-0.39, 0.29) is 23.7 Å². The first-order valence-corrected chi connectivity index (χ1v) is 10.7. The Morgan fingerprint density at radius 2 is 1.71 bits per heavy atom. The summed E-state index contributed by atoms with van der Waals surface area (Å²) in [7, 11) is 3.39. The summed E-state index contributed by atoms with van der Waals surface area (Å²) < 4.78 is 14.3. The van der Waals surface area contributed by atoms with Crippen LogP contribution in [-0.2, 0) is 20.7 Å². The number of hydrogen-bond donors (Lipinski definition) is 2. The van der Waals surface area contributed by atoms with Crippen LogP contribution in [0.1, 0.15) is 38.1 Å². The fraction of sp³-hybridized carbons (Fsp3) is 0.217. The summed E-state index contributed by atoms with van der Waals surface area (Å²) >= 11 is 6.03. The zero-order chi connectivity index (χ0) is 24.4. The number of carbonyl (C=O) groups is 2.